The summed E-state index contributed by atoms with van der Waals surface area (Å²) in [6, 6.07) is 0. The summed E-state index contributed by atoms with van der Waals surface area (Å²) >= 11 is 0. The number of carbonyl (C=O) groups excluding carboxylic acids is 1. The van der Waals surface area contributed by atoms with Crippen LogP contribution in [0.25, 0.3) is 0 Å². The molecule has 0 heterocycles. The second-order valence-electron chi connectivity index (χ2n) is 11.8. The van der Waals surface area contributed by atoms with E-state index in [4.69, 9.17) is 0 Å². The molecule has 1 unspecified atom stereocenters. The first-order valence-electron chi connectivity index (χ1n) is 12.3. The van der Waals surface area contributed by atoms with Gasteiger partial charge in [-0.25, -0.2) is 0 Å². The average molecular weight is 437 g/mol. The standard InChI is InChI=1S/C25H40O6/c1-5-6-13(2)15-7-8-16-18-17(26)11-14-12-25(30,31)10-9-23(14,3)20(18)19(22(28)29)21(27)24(15,16)4/h13-16,18-21,27,30-31H,5-12H2,1-4H3,(H,28,29)/t13-,14-,15-,16+,18-,19?,20-,21+,23+,24-/m1/s1. The van der Waals surface area contributed by atoms with E-state index in [9.17, 15) is 30.0 Å². The van der Waals surface area contributed by atoms with Gasteiger partial charge in [0.05, 0.1) is 12.0 Å². The number of aliphatic hydroxyl groups is 3. The molecule has 0 aromatic carbocycles. The van der Waals surface area contributed by atoms with Crippen LogP contribution in [-0.2, 0) is 9.59 Å². The Balaban J connectivity index is 1.80. The zero-order valence-corrected chi connectivity index (χ0v) is 19.4. The molecule has 4 aliphatic carbocycles. The first-order valence-corrected chi connectivity index (χ1v) is 12.3. The van der Waals surface area contributed by atoms with Crippen LogP contribution in [0, 0.1) is 52.3 Å². The van der Waals surface area contributed by atoms with E-state index >= 15 is 0 Å². The van der Waals surface area contributed by atoms with Crippen LogP contribution in [0.5, 0.6) is 0 Å². The zero-order chi connectivity index (χ0) is 22.9. The molecule has 0 bridgehead atoms. The van der Waals surface area contributed by atoms with E-state index in [1.807, 2.05) is 13.8 Å². The molecular weight excluding hydrogens is 396 g/mol. The molecule has 0 saturated heterocycles. The second kappa shape index (κ2) is 7.53. The molecule has 6 heteroatoms. The molecule has 0 aliphatic heterocycles. The van der Waals surface area contributed by atoms with E-state index in [0.29, 0.717) is 12.3 Å². The van der Waals surface area contributed by atoms with Crippen molar-refractivity contribution in [2.24, 2.45) is 52.3 Å². The molecule has 0 spiro atoms. The van der Waals surface area contributed by atoms with Crippen LogP contribution in [0.4, 0.5) is 0 Å². The Kier molecular flexibility index (Phi) is 5.63. The van der Waals surface area contributed by atoms with Crippen LogP contribution >= 0.6 is 0 Å². The first-order chi connectivity index (χ1) is 14.4. The predicted octanol–water partition coefficient (Wildman–Crippen LogP) is 3.22. The number of aliphatic carboxylic acids is 1. The quantitative estimate of drug-likeness (QED) is 0.503. The molecule has 4 rings (SSSR count). The third-order valence-corrected chi connectivity index (χ3v) is 10.4. The van der Waals surface area contributed by atoms with Gasteiger partial charge in [-0.1, -0.05) is 40.5 Å². The van der Waals surface area contributed by atoms with Gasteiger partial charge in [-0.2, -0.15) is 0 Å². The Morgan fingerprint density at radius 2 is 1.87 bits per heavy atom. The molecule has 31 heavy (non-hydrogen) atoms. The van der Waals surface area contributed by atoms with Gasteiger partial charge in [-0.15, -0.1) is 0 Å². The SMILES string of the molecule is CCC[C@@H](C)[C@H]1CC[C@H]2[C@@H]3C(=O)C[C@@H]4CC(O)(O)CC[C@]4(C)[C@H]3C(C(=O)O)[C@H](O)[C@]12C. The van der Waals surface area contributed by atoms with Gasteiger partial charge in [0.2, 0.25) is 0 Å². The molecule has 4 aliphatic rings. The minimum Gasteiger partial charge on any atom is -0.481 e. The molecule has 176 valence electrons. The van der Waals surface area contributed by atoms with Gasteiger partial charge in [-0.05, 0) is 54.3 Å². The average Bonchev–Trinajstić information content (AvgIpc) is 3.02. The lowest BCUT2D eigenvalue weighted by Gasteiger charge is -2.63. The fourth-order valence-electron chi connectivity index (χ4n) is 8.93. The first kappa shape index (κ1) is 23.2. The highest BCUT2D eigenvalue weighted by atomic mass is 16.5. The summed E-state index contributed by atoms with van der Waals surface area (Å²) in [7, 11) is 0. The third kappa shape index (κ3) is 3.23. The molecule has 4 fully saturated rings. The number of hydrogen-bond acceptors (Lipinski definition) is 5. The molecule has 0 aromatic rings. The number of hydrogen-bond donors (Lipinski definition) is 4. The van der Waals surface area contributed by atoms with Crippen molar-refractivity contribution in [3.05, 3.63) is 0 Å². The fraction of sp³-hybridized carbons (Fsp3) is 0.920. The smallest absolute Gasteiger partial charge is 0.309 e. The lowest BCUT2D eigenvalue weighted by Crippen LogP contribution is -2.67. The number of carbonyl (C=O) groups is 2. The number of fused-ring (bicyclic) bond motifs is 5. The van der Waals surface area contributed by atoms with E-state index in [1.54, 1.807) is 0 Å². The van der Waals surface area contributed by atoms with Gasteiger partial charge in [0.25, 0.3) is 0 Å². The molecule has 6 nitrogen and oxygen atoms in total. The molecule has 0 radical (unpaired) electrons. The number of rotatable bonds is 4. The molecule has 4 saturated carbocycles. The summed E-state index contributed by atoms with van der Waals surface area (Å²) < 4.78 is 0. The summed E-state index contributed by atoms with van der Waals surface area (Å²) in [4.78, 5) is 26.2. The van der Waals surface area contributed by atoms with Crippen LogP contribution in [0.3, 0.4) is 0 Å². The largest absolute Gasteiger partial charge is 0.481 e. The number of carboxylic acids is 1. The normalized spacial score (nSPS) is 49.6. The molecule has 10 atom stereocenters. The van der Waals surface area contributed by atoms with Gasteiger partial charge < -0.3 is 20.4 Å². The lowest BCUT2D eigenvalue weighted by molar-refractivity contribution is -0.247. The van der Waals surface area contributed by atoms with Crippen LogP contribution in [0.1, 0.15) is 79.1 Å². The lowest BCUT2D eigenvalue weighted by atomic mass is 9.40. The Hall–Kier alpha value is -0.980. The summed E-state index contributed by atoms with van der Waals surface area (Å²) in [6.45, 7) is 8.44. The summed E-state index contributed by atoms with van der Waals surface area (Å²) in [5.41, 5.74) is -1.07. The van der Waals surface area contributed by atoms with Crippen molar-refractivity contribution < 1.29 is 30.0 Å². The van der Waals surface area contributed by atoms with E-state index in [-0.39, 0.29) is 48.7 Å². The van der Waals surface area contributed by atoms with Crippen LogP contribution in [0.15, 0.2) is 0 Å². The number of ketones is 1. The summed E-state index contributed by atoms with van der Waals surface area (Å²) in [5, 5.41) is 42.5. The maximum atomic E-state index is 13.6. The van der Waals surface area contributed by atoms with Crippen molar-refractivity contribution in [2.45, 2.75) is 91.0 Å². The van der Waals surface area contributed by atoms with Gasteiger partial charge in [0.1, 0.15) is 5.78 Å². The van der Waals surface area contributed by atoms with Crippen LogP contribution < -0.4 is 0 Å². The molecule has 0 amide bonds. The Bertz CT molecular complexity index is 748. The minimum atomic E-state index is -1.80. The zero-order valence-electron chi connectivity index (χ0n) is 19.4. The van der Waals surface area contributed by atoms with E-state index in [0.717, 1.165) is 25.7 Å². The monoisotopic (exact) mass is 436 g/mol. The Labute approximate surface area is 185 Å². The van der Waals surface area contributed by atoms with Crippen molar-refractivity contribution in [1.82, 2.24) is 0 Å². The fourth-order valence-corrected chi connectivity index (χ4v) is 8.93. The van der Waals surface area contributed by atoms with Gasteiger partial charge in [-0.3, -0.25) is 9.59 Å². The molecule has 0 aromatic heterocycles. The highest BCUT2D eigenvalue weighted by molar-refractivity contribution is 5.85. The maximum Gasteiger partial charge on any atom is 0.309 e. The van der Waals surface area contributed by atoms with Gasteiger partial charge in [0, 0.05) is 30.6 Å². The van der Waals surface area contributed by atoms with Crippen molar-refractivity contribution >= 4 is 11.8 Å². The summed E-state index contributed by atoms with van der Waals surface area (Å²) in [6.07, 6.45) is 3.90. The molecule has 4 N–H and O–H groups in total. The van der Waals surface area contributed by atoms with Gasteiger partial charge in [0.15, 0.2) is 5.79 Å². The van der Waals surface area contributed by atoms with Crippen molar-refractivity contribution in [1.29, 1.82) is 0 Å². The van der Waals surface area contributed by atoms with E-state index in [2.05, 4.69) is 13.8 Å². The third-order valence-electron chi connectivity index (χ3n) is 10.4. The highest BCUT2D eigenvalue weighted by Crippen LogP contribution is 2.69. The van der Waals surface area contributed by atoms with E-state index < -0.39 is 40.5 Å². The van der Waals surface area contributed by atoms with Crippen LogP contribution in [0.2, 0.25) is 0 Å². The van der Waals surface area contributed by atoms with Crippen molar-refractivity contribution in [3.63, 3.8) is 0 Å². The number of carboxylic acid groups (broad SMARTS) is 1. The van der Waals surface area contributed by atoms with Crippen molar-refractivity contribution in [2.75, 3.05) is 0 Å². The van der Waals surface area contributed by atoms with E-state index in [1.165, 1.54) is 0 Å². The molecular formula is C25H40O6. The van der Waals surface area contributed by atoms with Crippen molar-refractivity contribution in [3.8, 4) is 0 Å². The van der Waals surface area contributed by atoms with Crippen LogP contribution in [-0.4, -0.2) is 44.1 Å². The number of aliphatic hydroxyl groups excluding tert-OH is 1. The summed E-state index contributed by atoms with van der Waals surface area (Å²) in [5.74, 6) is -4.25. The minimum absolute atomic E-state index is 0.00684. The van der Waals surface area contributed by atoms with Gasteiger partial charge >= 0.3 is 5.97 Å². The Morgan fingerprint density at radius 1 is 1.19 bits per heavy atom. The second-order valence-corrected chi connectivity index (χ2v) is 11.8. The highest BCUT2D eigenvalue weighted by Gasteiger charge is 2.70. The predicted molar refractivity (Wildman–Crippen MR) is 115 cm³/mol. The Morgan fingerprint density at radius 3 is 2.48 bits per heavy atom. The topological polar surface area (TPSA) is 115 Å². The maximum absolute atomic E-state index is 13.6. The number of Topliss-reactive ketones (excluding diaryl/α,β-unsaturated/α-hetero) is 1.